The van der Waals surface area contributed by atoms with E-state index in [-0.39, 0.29) is 0 Å². The first kappa shape index (κ1) is 11.8. The number of thiazole rings is 1. The van der Waals surface area contributed by atoms with Crippen LogP contribution in [-0.2, 0) is 6.54 Å². The predicted molar refractivity (Wildman–Crippen MR) is 75.4 cm³/mol. The summed E-state index contributed by atoms with van der Waals surface area (Å²) in [6.07, 6.45) is 0. The summed E-state index contributed by atoms with van der Waals surface area (Å²) >= 11 is 5.05. The van der Waals surface area contributed by atoms with Crippen molar-refractivity contribution in [2.24, 2.45) is 5.73 Å². The summed E-state index contributed by atoms with van der Waals surface area (Å²) in [7, 11) is 0. The van der Waals surface area contributed by atoms with Crippen LogP contribution >= 0.6 is 27.3 Å². The Morgan fingerprint density at radius 3 is 2.94 bits per heavy atom. The van der Waals surface area contributed by atoms with Crippen LogP contribution in [0.3, 0.4) is 0 Å². The molecule has 0 aliphatic heterocycles. The monoisotopic (exact) mass is 323 g/mol. The molecule has 2 heterocycles. The Hall–Kier alpha value is -1.24. The van der Waals surface area contributed by atoms with Crippen LogP contribution in [0.15, 0.2) is 27.2 Å². The molecule has 3 rings (SSSR count). The summed E-state index contributed by atoms with van der Waals surface area (Å²) in [6, 6.07) is 5.94. The van der Waals surface area contributed by atoms with Gasteiger partial charge in [0, 0.05) is 13.5 Å². The number of oxazole rings is 1. The van der Waals surface area contributed by atoms with Gasteiger partial charge in [-0.3, -0.25) is 0 Å². The number of nitrogens with zero attached hydrogens (tertiary/aromatic N) is 2. The lowest BCUT2D eigenvalue weighted by atomic mass is 10.2. The highest BCUT2D eigenvalue weighted by Crippen LogP contribution is 2.35. The third kappa shape index (κ3) is 1.96. The minimum absolute atomic E-state index is 0.453. The molecule has 1 aromatic carbocycles. The van der Waals surface area contributed by atoms with Gasteiger partial charge in [-0.25, -0.2) is 9.97 Å². The average Bonchev–Trinajstić information content (AvgIpc) is 2.89. The average molecular weight is 324 g/mol. The Morgan fingerprint density at radius 1 is 1.39 bits per heavy atom. The van der Waals surface area contributed by atoms with E-state index in [0.29, 0.717) is 12.4 Å². The molecular weight excluding hydrogens is 314 g/mol. The van der Waals surface area contributed by atoms with Gasteiger partial charge in [-0.15, -0.1) is 11.3 Å². The molecule has 0 fully saturated rings. The van der Waals surface area contributed by atoms with Crippen molar-refractivity contribution >= 4 is 38.4 Å². The number of aryl methyl sites for hydroxylation is 1. The highest BCUT2D eigenvalue weighted by molar-refractivity contribution is 9.10. The van der Waals surface area contributed by atoms with Gasteiger partial charge in [0.05, 0.1) is 4.88 Å². The summed E-state index contributed by atoms with van der Waals surface area (Å²) in [6.45, 7) is 2.30. The maximum absolute atomic E-state index is 5.60. The highest BCUT2D eigenvalue weighted by Gasteiger charge is 2.12. The van der Waals surface area contributed by atoms with Gasteiger partial charge in [0.25, 0.3) is 0 Å². The molecule has 0 aliphatic carbocycles. The van der Waals surface area contributed by atoms with Gasteiger partial charge >= 0.3 is 0 Å². The zero-order valence-electron chi connectivity index (χ0n) is 9.61. The van der Waals surface area contributed by atoms with Crippen LogP contribution in [0.5, 0.6) is 0 Å². The molecule has 6 heteroatoms. The second kappa shape index (κ2) is 4.46. The van der Waals surface area contributed by atoms with E-state index in [0.717, 1.165) is 31.2 Å². The Kier molecular flexibility index (Phi) is 2.93. The zero-order valence-corrected chi connectivity index (χ0v) is 12.0. The number of rotatable bonds is 2. The fourth-order valence-corrected chi connectivity index (χ4v) is 3.43. The molecule has 0 aliphatic rings. The second-order valence-corrected chi connectivity index (χ2v) is 5.68. The molecule has 18 heavy (non-hydrogen) atoms. The standard InChI is InChI=1S/C12H10BrN3OS/c1-6-15-8-4-7(2-3-9(8)17-6)11-12(13)16-10(5-14)18-11/h2-4H,5,14H2,1H3. The minimum Gasteiger partial charge on any atom is -0.441 e. The van der Waals surface area contributed by atoms with Gasteiger partial charge in [-0.1, -0.05) is 0 Å². The van der Waals surface area contributed by atoms with Crippen molar-refractivity contribution in [1.82, 2.24) is 9.97 Å². The molecular formula is C12H10BrN3OS. The van der Waals surface area contributed by atoms with Gasteiger partial charge in [0.2, 0.25) is 0 Å². The number of nitrogens with two attached hydrogens (primary N) is 1. The largest absolute Gasteiger partial charge is 0.441 e. The van der Waals surface area contributed by atoms with Gasteiger partial charge < -0.3 is 10.2 Å². The SMILES string of the molecule is Cc1nc2cc(-c3sc(CN)nc3Br)ccc2o1. The van der Waals surface area contributed by atoms with E-state index in [9.17, 15) is 0 Å². The normalized spacial score (nSPS) is 11.3. The van der Waals surface area contributed by atoms with Crippen LogP contribution in [0.2, 0.25) is 0 Å². The van der Waals surface area contributed by atoms with Crippen LogP contribution in [0, 0.1) is 6.92 Å². The fourth-order valence-electron chi connectivity index (χ4n) is 1.79. The molecule has 0 saturated carbocycles. The summed E-state index contributed by atoms with van der Waals surface area (Å²) < 4.78 is 6.29. The zero-order chi connectivity index (χ0) is 12.7. The van der Waals surface area contributed by atoms with E-state index in [4.69, 9.17) is 10.2 Å². The molecule has 4 nitrogen and oxygen atoms in total. The van der Waals surface area contributed by atoms with Crippen molar-refractivity contribution < 1.29 is 4.42 Å². The molecule has 3 aromatic rings. The first-order valence-electron chi connectivity index (χ1n) is 5.40. The Bertz CT molecular complexity index is 719. The predicted octanol–water partition coefficient (Wildman–Crippen LogP) is 3.48. The van der Waals surface area contributed by atoms with Crippen LogP contribution in [0.1, 0.15) is 10.9 Å². The number of hydrogen-bond acceptors (Lipinski definition) is 5. The number of hydrogen-bond donors (Lipinski definition) is 1. The Labute approximate surface area is 116 Å². The van der Waals surface area contributed by atoms with Crippen molar-refractivity contribution in [1.29, 1.82) is 0 Å². The summed E-state index contributed by atoms with van der Waals surface area (Å²) in [5, 5.41) is 0.910. The van der Waals surface area contributed by atoms with Crippen molar-refractivity contribution in [2.75, 3.05) is 0 Å². The van der Waals surface area contributed by atoms with Crippen molar-refractivity contribution in [3.05, 3.63) is 33.7 Å². The number of fused-ring (bicyclic) bond motifs is 1. The molecule has 0 spiro atoms. The first-order valence-corrected chi connectivity index (χ1v) is 7.01. The summed E-state index contributed by atoms with van der Waals surface area (Å²) in [5.74, 6) is 0.674. The molecule has 92 valence electrons. The number of halogens is 1. The Balaban J connectivity index is 2.15. The van der Waals surface area contributed by atoms with Crippen LogP contribution in [0.25, 0.3) is 21.5 Å². The smallest absolute Gasteiger partial charge is 0.192 e. The first-order chi connectivity index (χ1) is 8.67. The van der Waals surface area contributed by atoms with E-state index in [1.54, 1.807) is 11.3 Å². The van der Waals surface area contributed by atoms with Crippen LogP contribution in [-0.4, -0.2) is 9.97 Å². The van der Waals surface area contributed by atoms with Crippen LogP contribution < -0.4 is 5.73 Å². The van der Waals surface area contributed by atoms with Crippen molar-refractivity contribution in [2.45, 2.75) is 13.5 Å². The van der Waals surface area contributed by atoms with E-state index in [2.05, 4.69) is 25.9 Å². The third-order valence-electron chi connectivity index (χ3n) is 2.56. The molecule has 0 bridgehead atoms. The quantitative estimate of drug-likeness (QED) is 0.784. The maximum atomic E-state index is 5.60. The van der Waals surface area contributed by atoms with E-state index < -0.39 is 0 Å². The van der Waals surface area contributed by atoms with Gasteiger partial charge in [0.15, 0.2) is 11.5 Å². The third-order valence-corrected chi connectivity index (χ3v) is 4.52. The van der Waals surface area contributed by atoms with Gasteiger partial charge in [-0.05, 0) is 39.7 Å². The number of benzene rings is 1. The molecule has 2 N–H and O–H groups in total. The lowest BCUT2D eigenvalue weighted by Gasteiger charge is -1.96. The van der Waals surface area contributed by atoms with E-state index in [1.165, 1.54) is 0 Å². The van der Waals surface area contributed by atoms with E-state index in [1.807, 2.05) is 25.1 Å². The fraction of sp³-hybridized carbons (Fsp3) is 0.167. The Morgan fingerprint density at radius 2 is 2.22 bits per heavy atom. The molecule has 0 unspecified atom stereocenters. The number of aromatic nitrogens is 2. The second-order valence-electron chi connectivity index (χ2n) is 3.85. The lowest BCUT2D eigenvalue weighted by molar-refractivity contribution is 0.561. The topological polar surface area (TPSA) is 64.9 Å². The van der Waals surface area contributed by atoms with Crippen molar-refractivity contribution in [3.8, 4) is 10.4 Å². The minimum atomic E-state index is 0.453. The van der Waals surface area contributed by atoms with Gasteiger partial charge in [-0.2, -0.15) is 0 Å². The highest BCUT2D eigenvalue weighted by atomic mass is 79.9. The van der Waals surface area contributed by atoms with Crippen molar-refractivity contribution in [3.63, 3.8) is 0 Å². The van der Waals surface area contributed by atoms with Gasteiger partial charge in [0.1, 0.15) is 15.1 Å². The maximum Gasteiger partial charge on any atom is 0.192 e. The molecule has 0 amide bonds. The molecule has 2 aromatic heterocycles. The summed E-state index contributed by atoms with van der Waals surface area (Å²) in [4.78, 5) is 9.76. The lowest BCUT2D eigenvalue weighted by Crippen LogP contribution is -1.93. The molecule has 0 saturated heterocycles. The van der Waals surface area contributed by atoms with E-state index >= 15 is 0 Å². The summed E-state index contributed by atoms with van der Waals surface area (Å²) in [5.41, 5.74) is 8.34. The van der Waals surface area contributed by atoms with Crippen LogP contribution in [0.4, 0.5) is 0 Å². The molecule has 0 atom stereocenters. The molecule has 0 radical (unpaired) electrons.